The van der Waals surface area contributed by atoms with Gasteiger partial charge >= 0.3 is 0 Å². The number of carbonyl (C=O) groups is 1. The van der Waals surface area contributed by atoms with E-state index in [1.54, 1.807) is 0 Å². The number of fused-ring (bicyclic) bond motifs is 1. The zero-order valence-corrected chi connectivity index (χ0v) is 13.2. The van der Waals surface area contributed by atoms with E-state index in [0.717, 1.165) is 35.9 Å². The first-order valence-corrected chi connectivity index (χ1v) is 7.98. The molecule has 1 aliphatic rings. The number of rotatable bonds is 3. The smallest absolute Gasteiger partial charge is 0.226 e. The molecular weight excluding hydrogens is 276 g/mol. The van der Waals surface area contributed by atoms with E-state index in [2.05, 4.69) is 20.1 Å². The van der Waals surface area contributed by atoms with E-state index in [4.69, 9.17) is 0 Å². The quantitative estimate of drug-likeness (QED) is 0.946. The summed E-state index contributed by atoms with van der Waals surface area (Å²) >= 11 is 0. The Labute approximate surface area is 130 Å². The second-order valence-corrected chi connectivity index (χ2v) is 6.12. The second-order valence-electron chi connectivity index (χ2n) is 6.12. The van der Waals surface area contributed by atoms with E-state index >= 15 is 0 Å². The van der Waals surface area contributed by atoms with E-state index in [-0.39, 0.29) is 11.8 Å². The molecule has 0 radical (unpaired) electrons. The van der Waals surface area contributed by atoms with Crippen LogP contribution in [0.1, 0.15) is 38.9 Å². The monoisotopic (exact) mass is 298 g/mol. The molecule has 116 valence electrons. The molecule has 1 aromatic heterocycles. The molecule has 1 aromatic carbocycles. The summed E-state index contributed by atoms with van der Waals surface area (Å²) in [5.41, 5.74) is 1.86. The van der Waals surface area contributed by atoms with Gasteiger partial charge in [-0.05, 0) is 37.1 Å². The standard InChI is InChI=1S/C17H22N4O/c1-12(2)17(22)18-14-9-7-13(8-10-14)16-20-19-15-6-4-3-5-11-21(15)16/h7-10,12H,3-6,11H2,1-2H3,(H,18,22). The van der Waals surface area contributed by atoms with Gasteiger partial charge < -0.3 is 9.88 Å². The van der Waals surface area contributed by atoms with Crippen molar-refractivity contribution in [2.45, 2.75) is 46.1 Å². The fraction of sp³-hybridized carbons (Fsp3) is 0.471. The van der Waals surface area contributed by atoms with E-state index in [9.17, 15) is 4.79 Å². The second kappa shape index (κ2) is 6.30. The highest BCUT2D eigenvalue weighted by atomic mass is 16.1. The van der Waals surface area contributed by atoms with E-state index in [1.807, 2.05) is 38.1 Å². The van der Waals surface area contributed by atoms with Crippen LogP contribution in [0.4, 0.5) is 5.69 Å². The van der Waals surface area contributed by atoms with Crippen LogP contribution in [0.5, 0.6) is 0 Å². The topological polar surface area (TPSA) is 59.8 Å². The summed E-state index contributed by atoms with van der Waals surface area (Å²) < 4.78 is 2.23. The number of aryl methyl sites for hydroxylation is 1. The predicted molar refractivity (Wildman–Crippen MR) is 86.5 cm³/mol. The number of nitrogens with zero attached hydrogens (tertiary/aromatic N) is 3. The summed E-state index contributed by atoms with van der Waals surface area (Å²) in [6.45, 7) is 4.76. The first kappa shape index (κ1) is 14.8. The van der Waals surface area contributed by atoms with Crippen LogP contribution in [0, 0.1) is 5.92 Å². The fourth-order valence-corrected chi connectivity index (χ4v) is 2.69. The third-order valence-corrected chi connectivity index (χ3v) is 4.04. The normalized spacial score (nSPS) is 14.5. The van der Waals surface area contributed by atoms with Gasteiger partial charge in [-0.1, -0.05) is 20.3 Å². The summed E-state index contributed by atoms with van der Waals surface area (Å²) in [4.78, 5) is 11.7. The average Bonchev–Trinajstić information content (AvgIpc) is 2.76. The van der Waals surface area contributed by atoms with Gasteiger partial charge in [-0.2, -0.15) is 0 Å². The Bertz CT molecular complexity index is 658. The molecule has 0 bridgehead atoms. The Balaban J connectivity index is 1.81. The minimum Gasteiger partial charge on any atom is -0.326 e. The molecule has 5 heteroatoms. The van der Waals surface area contributed by atoms with Crippen LogP contribution in [-0.2, 0) is 17.8 Å². The molecule has 2 heterocycles. The molecule has 5 nitrogen and oxygen atoms in total. The van der Waals surface area contributed by atoms with Crippen molar-refractivity contribution >= 4 is 11.6 Å². The van der Waals surface area contributed by atoms with Crippen molar-refractivity contribution in [1.82, 2.24) is 14.8 Å². The molecular formula is C17H22N4O. The highest BCUT2D eigenvalue weighted by Gasteiger charge is 2.16. The lowest BCUT2D eigenvalue weighted by molar-refractivity contribution is -0.118. The predicted octanol–water partition coefficient (Wildman–Crippen LogP) is 3.27. The lowest BCUT2D eigenvalue weighted by Gasteiger charge is -2.09. The molecule has 3 rings (SSSR count). The maximum atomic E-state index is 11.7. The van der Waals surface area contributed by atoms with Crippen molar-refractivity contribution in [1.29, 1.82) is 0 Å². The Morgan fingerprint density at radius 1 is 1.14 bits per heavy atom. The summed E-state index contributed by atoms with van der Waals surface area (Å²) in [7, 11) is 0. The molecule has 0 fully saturated rings. The summed E-state index contributed by atoms with van der Waals surface area (Å²) in [6.07, 6.45) is 4.64. The molecule has 0 saturated carbocycles. The zero-order chi connectivity index (χ0) is 15.5. The van der Waals surface area contributed by atoms with Crippen LogP contribution in [0.3, 0.4) is 0 Å². The Morgan fingerprint density at radius 2 is 1.91 bits per heavy atom. The van der Waals surface area contributed by atoms with Gasteiger partial charge in [0.25, 0.3) is 0 Å². The molecule has 2 aromatic rings. The number of hydrogen-bond donors (Lipinski definition) is 1. The zero-order valence-electron chi connectivity index (χ0n) is 13.2. The van der Waals surface area contributed by atoms with Crippen molar-refractivity contribution in [3.05, 3.63) is 30.1 Å². The number of hydrogen-bond acceptors (Lipinski definition) is 3. The van der Waals surface area contributed by atoms with Gasteiger partial charge in [0.05, 0.1) is 0 Å². The number of amides is 1. The minimum atomic E-state index is -0.0214. The maximum Gasteiger partial charge on any atom is 0.226 e. The number of benzene rings is 1. The van der Waals surface area contributed by atoms with Crippen molar-refractivity contribution in [2.75, 3.05) is 5.32 Å². The summed E-state index contributed by atoms with van der Waals surface area (Å²) in [5, 5.41) is 11.6. The first-order valence-electron chi connectivity index (χ1n) is 7.98. The molecule has 1 amide bonds. The van der Waals surface area contributed by atoms with Crippen LogP contribution in [-0.4, -0.2) is 20.7 Å². The third kappa shape index (κ3) is 3.03. The van der Waals surface area contributed by atoms with Crippen LogP contribution in [0.15, 0.2) is 24.3 Å². The Morgan fingerprint density at radius 3 is 2.64 bits per heavy atom. The molecule has 0 atom stereocenters. The van der Waals surface area contributed by atoms with Gasteiger partial charge in [0.15, 0.2) is 5.82 Å². The molecule has 0 aliphatic carbocycles. The van der Waals surface area contributed by atoms with Crippen LogP contribution in [0.2, 0.25) is 0 Å². The molecule has 0 spiro atoms. The first-order chi connectivity index (χ1) is 10.6. The SMILES string of the molecule is CC(C)C(=O)Nc1ccc(-c2nnc3n2CCCCC3)cc1. The van der Waals surface area contributed by atoms with Crippen LogP contribution >= 0.6 is 0 Å². The largest absolute Gasteiger partial charge is 0.326 e. The molecule has 0 unspecified atom stereocenters. The molecule has 22 heavy (non-hydrogen) atoms. The molecule has 1 aliphatic heterocycles. The lowest BCUT2D eigenvalue weighted by Crippen LogP contribution is -2.17. The average molecular weight is 298 g/mol. The van der Waals surface area contributed by atoms with Gasteiger partial charge in [0, 0.05) is 30.1 Å². The highest BCUT2D eigenvalue weighted by Crippen LogP contribution is 2.24. The number of carbonyl (C=O) groups excluding carboxylic acids is 1. The number of nitrogens with one attached hydrogen (secondary N) is 1. The van der Waals surface area contributed by atoms with Crippen molar-refractivity contribution < 1.29 is 4.79 Å². The number of aromatic nitrogens is 3. The van der Waals surface area contributed by atoms with Gasteiger partial charge in [-0.3, -0.25) is 4.79 Å². The molecule has 0 saturated heterocycles. The van der Waals surface area contributed by atoms with Crippen molar-refractivity contribution in [2.24, 2.45) is 5.92 Å². The van der Waals surface area contributed by atoms with Crippen molar-refractivity contribution in [3.8, 4) is 11.4 Å². The fourth-order valence-electron chi connectivity index (χ4n) is 2.69. The van der Waals surface area contributed by atoms with E-state index in [1.165, 1.54) is 19.3 Å². The van der Waals surface area contributed by atoms with E-state index < -0.39 is 0 Å². The Hall–Kier alpha value is -2.17. The van der Waals surface area contributed by atoms with E-state index in [0.29, 0.717) is 0 Å². The van der Waals surface area contributed by atoms with Gasteiger partial charge in [-0.25, -0.2) is 0 Å². The maximum absolute atomic E-state index is 11.7. The lowest BCUT2D eigenvalue weighted by atomic mass is 10.1. The summed E-state index contributed by atoms with van der Waals surface area (Å²) in [5.74, 6) is 2.03. The Kier molecular flexibility index (Phi) is 4.22. The summed E-state index contributed by atoms with van der Waals surface area (Å²) in [6, 6.07) is 7.85. The highest BCUT2D eigenvalue weighted by molar-refractivity contribution is 5.92. The minimum absolute atomic E-state index is 0.0214. The van der Waals surface area contributed by atoms with Crippen LogP contribution in [0.25, 0.3) is 11.4 Å². The third-order valence-electron chi connectivity index (χ3n) is 4.04. The molecule has 1 N–H and O–H groups in total. The van der Waals surface area contributed by atoms with Gasteiger partial charge in [-0.15, -0.1) is 10.2 Å². The van der Waals surface area contributed by atoms with Gasteiger partial charge in [0.2, 0.25) is 5.91 Å². The van der Waals surface area contributed by atoms with Crippen LogP contribution < -0.4 is 5.32 Å². The number of anilines is 1. The van der Waals surface area contributed by atoms with Gasteiger partial charge in [0.1, 0.15) is 5.82 Å². The van der Waals surface area contributed by atoms with Crippen molar-refractivity contribution in [3.63, 3.8) is 0 Å².